The van der Waals surface area contributed by atoms with Gasteiger partial charge in [0.1, 0.15) is 29.1 Å². The van der Waals surface area contributed by atoms with Crippen molar-refractivity contribution < 1.29 is 18.4 Å². The van der Waals surface area contributed by atoms with Gasteiger partial charge in [0.15, 0.2) is 0 Å². The van der Waals surface area contributed by atoms with Crippen LogP contribution in [-0.2, 0) is 10.2 Å². The molecule has 8 nitrogen and oxygen atoms in total. The average molecular weight is 595 g/mol. The largest absolute Gasteiger partial charge is 0.369 e. The summed E-state index contributed by atoms with van der Waals surface area (Å²) in [6, 6.07) is 23.6. The van der Waals surface area contributed by atoms with Gasteiger partial charge in [0.2, 0.25) is 5.91 Å². The van der Waals surface area contributed by atoms with Gasteiger partial charge in [-0.2, -0.15) is 5.10 Å². The van der Waals surface area contributed by atoms with Crippen molar-refractivity contribution in [1.82, 2.24) is 14.8 Å². The smallest absolute Gasteiger partial charge is 0.325 e. The summed E-state index contributed by atoms with van der Waals surface area (Å²) in [6.45, 7) is 8.11. The van der Waals surface area contributed by atoms with E-state index in [0.29, 0.717) is 27.4 Å². The van der Waals surface area contributed by atoms with Crippen molar-refractivity contribution >= 4 is 23.4 Å². The Morgan fingerprint density at radius 3 is 2.11 bits per heavy atom. The zero-order valence-electron chi connectivity index (χ0n) is 24.8. The number of rotatable bonds is 7. The zero-order valence-corrected chi connectivity index (χ0v) is 24.8. The highest BCUT2D eigenvalue weighted by Crippen LogP contribution is 2.34. The number of nitrogens with two attached hydrogens (primary N) is 2. The molecule has 0 radical (unpaired) electrons. The number of carbonyl (C=O) groups excluding carboxylic acids is 2. The number of aromatic nitrogens is 3. The number of halogens is 2. The molecule has 2 aromatic heterocycles. The van der Waals surface area contributed by atoms with Crippen LogP contribution in [0.2, 0.25) is 0 Å². The maximum atomic E-state index is 14.6. The van der Waals surface area contributed by atoms with E-state index in [0.717, 1.165) is 29.1 Å². The quantitative estimate of drug-likeness (QED) is 0.219. The first-order chi connectivity index (χ1) is 20.8. The first kappa shape index (κ1) is 30.1. The highest BCUT2D eigenvalue weighted by molar-refractivity contribution is 5.98. The van der Waals surface area contributed by atoms with Crippen molar-refractivity contribution in [3.05, 3.63) is 125 Å². The number of anilines is 2. The first-order valence-electron chi connectivity index (χ1n) is 13.9. The molecule has 0 saturated carbocycles. The maximum Gasteiger partial charge on any atom is 0.325 e. The van der Waals surface area contributed by atoms with E-state index in [1.54, 1.807) is 41.1 Å². The maximum absolute atomic E-state index is 14.6. The van der Waals surface area contributed by atoms with E-state index in [4.69, 9.17) is 16.6 Å². The fraction of sp³-hybridized carbons (Fsp3) is 0.176. The summed E-state index contributed by atoms with van der Waals surface area (Å²) in [6.07, 6.45) is 0. The Morgan fingerprint density at radius 2 is 1.50 bits per heavy atom. The van der Waals surface area contributed by atoms with Gasteiger partial charge >= 0.3 is 6.03 Å². The average Bonchev–Trinajstić information content (AvgIpc) is 3.41. The number of hydrogen-bond donors (Lipinski definition) is 2. The van der Waals surface area contributed by atoms with Crippen LogP contribution in [0.3, 0.4) is 0 Å². The van der Waals surface area contributed by atoms with Crippen molar-refractivity contribution in [2.45, 2.75) is 39.0 Å². The van der Waals surface area contributed by atoms with Gasteiger partial charge < -0.3 is 11.5 Å². The third kappa shape index (κ3) is 5.92. The lowest BCUT2D eigenvalue weighted by molar-refractivity contribution is -0.118. The highest BCUT2D eigenvalue weighted by Gasteiger charge is 2.30. The van der Waals surface area contributed by atoms with Crippen LogP contribution in [0.25, 0.3) is 16.9 Å². The molecule has 2 heterocycles. The first-order valence-corrected chi connectivity index (χ1v) is 13.9. The van der Waals surface area contributed by atoms with E-state index in [2.05, 4.69) is 4.98 Å². The second kappa shape index (κ2) is 11.7. The monoisotopic (exact) mass is 594 g/mol. The molecule has 3 aromatic carbocycles. The van der Waals surface area contributed by atoms with Gasteiger partial charge in [-0.15, -0.1) is 0 Å². The Bertz CT molecular complexity index is 1840. The number of pyridine rings is 1. The molecule has 10 heteroatoms. The normalized spacial score (nSPS) is 12.1. The summed E-state index contributed by atoms with van der Waals surface area (Å²) in [4.78, 5) is 30.7. The van der Waals surface area contributed by atoms with Crippen molar-refractivity contribution in [3.63, 3.8) is 0 Å². The predicted molar refractivity (Wildman–Crippen MR) is 166 cm³/mol. The molecule has 0 aliphatic carbocycles. The summed E-state index contributed by atoms with van der Waals surface area (Å²) in [7, 11) is 0. The summed E-state index contributed by atoms with van der Waals surface area (Å²) < 4.78 is 31.0. The molecule has 1 unspecified atom stereocenters. The Kier molecular flexibility index (Phi) is 8.01. The fourth-order valence-electron chi connectivity index (χ4n) is 4.97. The molecule has 5 aromatic rings. The number of urea groups is 1. The van der Waals surface area contributed by atoms with Crippen LogP contribution in [0.4, 0.5) is 25.1 Å². The molecule has 4 N–H and O–H groups in total. The number of aryl methyl sites for hydroxylation is 1. The van der Waals surface area contributed by atoms with Gasteiger partial charge in [0, 0.05) is 11.0 Å². The summed E-state index contributed by atoms with van der Waals surface area (Å²) in [5, 5.41) is 4.87. The minimum absolute atomic E-state index is 0.0804. The highest BCUT2D eigenvalue weighted by atomic mass is 19.1. The van der Waals surface area contributed by atoms with Crippen LogP contribution >= 0.6 is 0 Å². The van der Waals surface area contributed by atoms with Gasteiger partial charge in [0.25, 0.3) is 0 Å². The Morgan fingerprint density at radius 1 is 0.864 bits per heavy atom. The van der Waals surface area contributed by atoms with Crippen LogP contribution in [0, 0.1) is 18.6 Å². The van der Waals surface area contributed by atoms with Gasteiger partial charge in [-0.1, -0.05) is 68.8 Å². The number of benzene rings is 3. The SMILES string of the molecule is Cc1ccc(-n2nc(C(C)(C)C)cc2C(C(N)=O)c2cccc(-c3cccc(N(C(N)=O)c4c(F)cccc4F)n3)c2)cc1. The van der Waals surface area contributed by atoms with E-state index in [9.17, 15) is 18.4 Å². The second-order valence-electron chi connectivity index (χ2n) is 11.5. The minimum atomic E-state index is -1.11. The lowest BCUT2D eigenvalue weighted by atomic mass is 9.89. The molecule has 0 aliphatic heterocycles. The van der Waals surface area contributed by atoms with Crippen LogP contribution in [0.1, 0.15) is 49.2 Å². The number of primary amides is 2. The van der Waals surface area contributed by atoms with Crippen LogP contribution in [-0.4, -0.2) is 26.7 Å². The molecule has 5 rings (SSSR count). The van der Waals surface area contributed by atoms with Gasteiger partial charge in [0.05, 0.1) is 22.8 Å². The molecule has 0 bridgehead atoms. The summed E-state index contributed by atoms with van der Waals surface area (Å²) >= 11 is 0. The predicted octanol–water partition coefficient (Wildman–Crippen LogP) is 6.65. The molecule has 44 heavy (non-hydrogen) atoms. The summed E-state index contributed by atoms with van der Waals surface area (Å²) in [5.74, 6) is -3.47. The third-order valence-electron chi connectivity index (χ3n) is 7.22. The molecule has 0 spiro atoms. The molecule has 3 amide bonds. The number of amides is 3. The second-order valence-corrected chi connectivity index (χ2v) is 11.5. The van der Waals surface area contributed by atoms with Gasteiger partial charge in [-0.25, -0.2) is 28.1 Å². The van der Waals surface area contributed by atoms with Crippen molar-refractivity contribution in [2.75, 3.05) is 4.90 Å². The third-order valence-corrected chi connectivity index (χ3v) is 7.22. The molecule has 0 aliphatic rings. The number of nitrogens with zero attached hydrogens (tertiary/aromatic N) is 4. The van der Waals surface area contributed by atoms with Gasteiger partial charge in [-0.3, -0.25) is 4.79 Å². The molecular weight excluding hydrogens is 562 g/mol. The lowest BCUT2D eigenvalue weighted by Crippen LogP contribution is -2.33. The fourth-order valence-corrected chi connectivity index (χ4v) is 4.97. The Labute approximate surface area is 253 Å². The van der Waals surface area contributed by atoms with Crippen LogP contribution < -0.4 is 16.4 Å². The molecule has 224 valence electrons. The molecule has 0 fully saturated rings. The Hall–Kier alpha value is -5.38. The molecular formula is C34H32F2N6O2. The number of para-hydroxylation sites is 1. The van der Waals surface area contributed by atoms with Crippen molar-refractivity contribution in [1.29, 1.82) is 0 Å². The van der Waals surface area contributed by atoms with E-state index < -0.39 is 35.2 Å². The Balaban J connectivity index is 1.61. The van der Waals surface area contributed by atoms with E-state index in [-0.39, 0.29) is 11.2 Å². The molecule has 1 atom stereocenters. The molecule has 0 saturated heterocycles. The van der Waals surface area contributed by atoms with Crippen molar-refractivity contribution in [2.24, 2.45) is 11.5 Å². The number of hydrogen-bond acceptors (Lipinski definition) is 4. The standard InChI is InChI=1S/C34H32F2N6O2/c1-20-14-16-23(17-15-20)42-27(19-28(40-42)34(2,3)4)30(32(37)43)22-9-5-8-21(18-22)26-12-7-13-29(39-26)41(33(38)44)31-24(35)10-6-11-25(31)36/h5-19,30H,1-4H3,(H2,37,43)(H2,38,44). The van der Waals surface area contributed by atoms with E-state index in [1.165, 1.54) is 12.1 Å². The van der Waals surface area contributed by atoms with Crippen LogP contribution in [0.5, 0.6) is 0 Å². The minimum Gasteiger partial charge on any atom is -0.369 e. The van der Waals surface area contributed by atoms with Gasteiger partial charge in [-0.05, 0) is 61.0 Å². The number of carbonyl (C=O) groups is 2. The van der Waals surface area contributed by atoms with E-state index in [1.807, 2.05) is 58.0 Å². The van der Waals surface area contributed by atoms with E-state index >= 15 is 0 Å². The van der Waals surface area contributed by atoms with Crippen molar-refractivity contribution in [3.8, 4) is 16.9 Å². The van der Waals surface area contributed by atoms with Crippen LogP contribution in [0.15, 0.2) is 91.0 Å². The zero-order chi connectivity index (χ0) is 31.8. The summed E-state index contributed by atoms with van der Waals surface area (Å²) in [5.41, 5.74) is 15.4. The lowest BCUT2D eigenvalue weighted by Gasteiger charge is -2.21. The topological polar surface area (TPSA) is 120 Å².